The minimum Gasteiger partial charge on any atom is -0.493 e. The van der Waals surface area contributed by atoms with E-state index in [0.29, 0.717) is 23.1 Å². The van der Waals surface area contributed by atoms with Gasteiger partial charge in [-0.3, -0.25) is 4.79 Å². The average molecular weight is 414 g/mol. The zero-order valence-electron chi connectivity index (χ0n) is 18.8. The lowest BCUT2D eigenvalue weighted by Crippen LogP contribution is -2.28. The number of ether oxygens (including phenoxy) is 3. The SMILES string of the molecule is COc1cc(NC(=O)C(C)(C)C)c(C(=O)OCc2ccc(C(C)C)cc2)cc1OC. The Balaban J connectivity index is 2.28. The van der Waals surface area contributed by atoms with E-state index in [9.17, 15) is 9.59 Å². The Morgan fingerprint density at radius 2 is 1.53 bits per heavy atom. The second-order valence-corrected chi connectivity index (χ2v) is 8.43. The standard InChI is InChI=1S/C24H31NO5/c1-15(2)17-10-8-16(9-11-17)14-30-22(26)18-12-20(28-6)21(29-7)13-19(18)25-23(27)24(3,4)5/h8-13,15H,14H2,1-7H3,(H,25,27). The molecule has 1 N–H and O–H groups in total. The van der Waals surface area contributed by atoms with Gasteiger partial charge in [-0.25, -0.2) is 4.79 Å². The van der Waals surface area contributed by atoms with Crippen molar-refractivity contribution < 1.29 is 23.8 Å². The topological polar surface area (TPSA) is 73.9 Å². The van der Waals surface area contributed by atoms with Crippen LogP contribution in [-0.2, 0) is 16.1 Å². The van der Waals surface area contributed by atoms with E-state index in [2.05, 4.69) is 19.2 Å². The minimum atomic E-state index is -0.632. The first-order valence-electron chi connectivity index (χ1n) is 9.90. The lowest BCUT2D eigenvalue weighted by molar-refractivity contribution is -0.123. The molecule has 0 aliphatic carbocycles. The van der Waals surface area contributed by atoms with Crippen molar-refractivity contribution >= 4 is 17.6 Å². The number of amides is 1. The highest BCUT2D eigenvalue weighted by molar-refractivity contribution is 6.03. The second-order valence-electron chi connectivity index (χ2n) is 8.43. The summed E-state index contributed by atoms with van der Waals surface area (Å²) < 4.78 is 16.1. The molecule has 2 aromatic carbocycles. The fourth-order valence-electron chi connectivity index (χ4n) is 2.69. The van der Waals surface area contributed by atoms with Gasteiger partial charge < -0.3 is 19.5 Å². The lowest BCUT2D eigenvalue weighted by atomic mass is 9.95. The molecule has 6 nitrogen and oxygen atoms in total. The molecule has 0 bridgehead atoms. The molecule has 0 fully saturated rings. The fraction of sp³-hybridized carbons (Fsp3) is 0.417. The van der Waals surface area contributed by atoms with Crippen molar-refractivity contribution in [2.45, 2.75) is 47.1 Å². The highest BCUT2D eigenvalue weighted by atomic mass is 16.5. The highest BCUT2D eigenvalue weighted by Crippen LogP contribution is 2.34. The second kappa shape index (κ2) is 9.65. The first-order chi connectivity index (χ1) is 14.1. The van der Waals surface area contributed by atoms with E-state index in [-0.39, 0.29) is 18.1 Å². The third-order valence-corrected chi connectivity index (χ3v) is 4.69. The smallest absolute Gasteiger partial charge is 0.340 e. The van der Waals surface area contributed by atoms with Crippen LogP contribution in [-0.4, -0.2) is 26.1 Å². The summed E-state index contributed by atoms with van der Waals surface area (Å²) in [6.45, 7) is 9.75. The molecule has 0 heterocycles. The number of anilines is 1. The number of carbonyl (C=O) groups is 2. The summed E-state index contributed by atoms with van der Waals surface area (Å²) in [6, 6.07) is 11.0. The van der Waals surface area contributed by atoms with Crippen LogP contribution in [0.5, 0.6) is 11.5 Å². The van der Waals surface area contributed by atoms with Crippen molar-refractivity contribution in [3.63, 3.8) is 0 Å². The molecule has 0 aliphatic rings. The van der Waals surface area contributed by atoms with Crippen LogP contribution < -0.4 is 14.8 Å². The van der Waals surface area contributed by atoms with E-state index < -0.39 is 11.4 Å². The molecule has 0 unspecified atom stereocenters. The lowest BCUT2D eigenvalue weighted by Gasteiger charge is -2.20. The summed E-state index contributed by atoms with van der Waals surface area (Å²) in [5.41, 5.74) is 1.98. The summed E-state index contributed by atoms with van der Waals surface area (Å²) in [7, 11) is 2.97. The molecule has 2 rings (SSSR count). The van der Waals surface area contributed by atoms with Crippen LogP contribution in [0.3, 0.4) is 0 Å². The molecule has 6 heteroatoms. The normalized spacial score (nSPS) is 11.2. The van der Waals surface area contributed by atoms with Crippen LogP contribution in [0.1, 0.15) is 62.0 Å². The Morgan fingerprint density at radius 1 is 0.967 bits per heavy atom. The molecule has 0 saturated carbocycles. The van der Waals surface area contributed by atoms with E-state index in [1.165, 1.54) is 25.8 Å². The summed E-state index contributed by atoms with van der Waals surface area (Å²) >= 11 is 0. The van der Waals surface area contributed by atoms with Gasteiger partial charge in [0.05, 0.1) is 25.5 Å². The quantitative estimate of drug-likeness (QED) is 0.634. The van der Waals surface area contributed by atoms with Gasteiger partial charge in [0.25, 0.3) is 0 Å². The van der Waals surface area contributed by atoms with Gasteiger partial charge in [-0.2, -0.15) is 0 Å². The van der Waals surface area contributed by atoms with Crippen molar-refractivity contribution in [1.82, 2.24) is 0 Å². The summed E-state index contributed by atoms with van der Waals surface area (Å²) in [5, 5.41) is 2.80. The predicted octanol–water partition coefficient (Wildman–Crippen LogP) is 5.17. The molecule has 30 heavy (non-hydrogen) atoms. The maximum Gasteiger partial charge on any atom is 0.340 e. The Morgan fingerprint density at radius 3 is 2.03 bits per heavy atom. The Kier molecular flexibility index (Phi) is 7.48. The van der Waals surface area contributed by atoms with Crippen LogP contribution in [0.25, 0.3) is 0 Å². The largest absolute Gasteiger partial charge is 0.493 e. The maximum absolute atomic E-state index is 12.8. The Labute approximate surface area is 178 Å². The van der Waals surface area contributed by atoms with Crippen molar-refractivity contribution in [3.8, 4) is 11.5 Å². The van der Waals surface area contributed by atoms with Gasteiger partial charge in [0, 0.05) is 17.5 Å². The minimum absolute atomic E-state index is 0.123. The van der Waals surface area contributed by atoms with Gasteiger partial charge in [-0.1, -0.05) is 58.9 Å². The van der Waals surface area contributed by atoms with Crippen LogP contribution in [0.15, 0.2) is 36.4 Å². The zero-order valence-corrected chi connectivity index (χ0v) is 18.8. The number of rotatable bonds is 7. The van der Waals surface area contributed by atoms with Gasteiger partial charge in [0.2, 0.25) is 5.91 Å². The molecular formula is C24H31NO5. The summed E-state index contributed by atoms with van der Waals surface area (Å²) in [4.78, 5) is 25.3. The monoisotopic (exact) mass is 413 g/mol. The van der Waals surface area contributed by atoms with Gasteiger partial charge >= 0.3 is 5.97 Å². The molecule has 1 amide bonds. The van der Waals surface area contributed by atoms with Crippen LogP contribution in [0.2, 0.25) is 0 Å². The maximum atomic E-state index is 12.8. The van der Waals surface area contributed by atoms with E-state index in [4.69, 9.17) is 14.2 Å². The number of methoxy groups -OCH3 is 2. The molecule has 0 spiro atoms. The number of esters is 1. The van der Waals surface area contributed by atoms with Crippen LogP contribution in [0, 0.1) is 5.41 Å². The van der Waals surface area contributed by atoms with Crippen LogP contribution in [0.4, 0.5) is 5.69 Å². The van der Waals surface area contributed by atoms with E-state index in [1.807, 2.05) is 24.3 Å². The van der Waals surface area contributed by atoms with Crippen molar-refractivity contribution in [3.05, 3.63) is 53.1 Å². The molecule has 0 atom stereocenters. The molecule has 2 aromatic rings. The van der Waals surface area contributed by atoms with E-state index in [1.54, 1.807) is 26.8 Å². The van der Waals surface area contributed by atoms with Crippen molar-refractivity contribution in [1.29, 1.82) is 0 Å². The van der Waals surface area contributed by atoms with E-state index in [0.717, 1.165) is 5.56 Å². The molecule has 0 aliphatic heterocycles. The van der Waals surface area contributed by atoms with Crippen molar-refractivity contribution in [2.75, 3.05) is 19.5 Å². The van der Waals surface area contributed by atoms with Gasteiger partial charge in [-0.15, -0.1) is 0 Å². The van der Waals surface area contributed by atoms with Gasteiger partial charge in [-0.05, 0) is 17.0 Å². The number of benzene rings is 2. The molecule has 162 valence electrons. The van der Waals surface area contributed by atoms with Gasteiger partial charge in [0.1, 0.15) is 6.61 Å². The number of carbonyl (C=O) groups excluding carboxylic acids is 2. The van der Waals surface area contributed by atoms with Gasteiger partial charge in [0.15, 0.2) is 11.5 Å². The number of hydrogen-bond acceptors (Lipinski definition) is 5. The van der Waals surface area contributed by atoms with E-state index >= 15 is 0 Å². The summed E-state index contributed by atoms with van der Waals surface area (Å²) in [5.74, 6) is 0.422. The molecular weight excluding hydrogens is 382 g/mol. The van der Waals surface area contributed by atoms with Crippen LogP contribution >= 0.6 is 0 Å². The van der Waals surface area contributed by atoms with Crippen molar-refractivity contribution in [2.24, 2.45) is 5.41 Å². The average Bonchev–Trinajstić information content (AvgIpc) is 2.71. The first-order valence-corrected chi connectivity index (χ1v) is 9.90. The predicted molar refractivity (Wildman–Crippen MR) is 117 cm³/mol. The summed E-state index contributed by atoms with van der Waals surface area (Å²) in [6.07, 6.45) is 0. The fourth-order valence-corrected chi connectivity index (χ4v) is 2.69. The molecule has 0 saturated heterocycles. The number of nitrogens with one attached hydrogen (secondary N) is 1. The third-order valence-electron chi connectivity index (χ3n) is 4.69. The molecule has 0 aromatic heterocycles. The highest BCUT2D eigenvalue weighted by Gasteiger charge is 2.25. The number of hydrogen-bond donors (Lipinski definition) is 1. The zero-order chi connectivity index (χ0) is 22.5. The first kappa shape index (κ1) is 23.3. The Hall–Kier alpha value is -3.02. The third kappa shape index (κ3) is 5.75. The molecule has 0 radical (unpaired) electrons. The Bertz CT molecular complexity index is 895.